The quantitative estimate of drug-likeness (QED) is 0.486. The number of piperazine rings is 1. The number of carbonyl (C=O) groups is 3. The summed E-state index contributed by atoms with van der Waals surface area (Å²) in [5, 5.41) is 0. The van der Waals surface area contributed by atoms with Crippen molar-refractivity contribution in [2.75, 3.05) is 38.3 Å². The van der Waals surface area contributed by atoms with Crippen molar-refractivity contribution >= 4 is 23.5 Å². The summed E-state index contributed by atoms with van der Waals surface area (Å²) in [6.07, 6.45) is 0.231. The SMILES string of the molecule is COCCCN1CCN2C(=O)N(c3c(F)cc(C#Cc4ccccc4)cc3F)C(=O)C[C@@]2(C)C1=O. The van der Waals surface area contributed by atoms with Gasteiger partial charge in [-0.2, -0.15) is 0 Å². The number of benzene rings is 2. The van der Waals surface area contributed by atoms with Crippen molar-refractivity contribution in [3.63, 3.8) is 0 Å². The summed E-state index contributed by atoms with van der Waals surface area (Å²) in [5.41, 5.74) is -1.44. The molecule has 0 radical (unpaired) electrons. The Bertz CT molecular complexity index is 1200. The minimum absolute atomic E-state index is 0.0641. The molecular weight excluding hydrogens is 456 g/mol. The molecule has 2 fully saturated rings. The minimum atomic E-state index is -1.41. The number of ether oxygens (including phenoxy) is 1. The van der Waals surface area contributed by atoms with Gasteiger partial charge in [-0.3, -0.25) is 9.59 Å². The summed E-state index contributed by atoms with van der Waals surface area (Å²) in [6.45, 7) is 2.81. The second kappa shape index (κ2) is 9.84. The number of halogens is 2. The Hall–Kier alpha value is -3.77. The van der Waals surface area contributed by atoms with Crippen LogP contribution in [0.25, 0.3) is 0 Å². The predicted molar refractivity (Wildman–Crippen MR) is 124 cm³/mol. The lowest BCUT2D eigenvalue weighted by molar-refractivity contribution is -0.151. The minimum Gasteiger partial charge on any atom is -0.385 e. The van der Waals surface area contributed by atoms with E-state index in [-0.39, 0.29) is 31.0 Å². The number of hydrogen-bond acceptors (Lipinski definition) is 4. The van der Waals surface area contributed by atoms with Gasteiger partial charge in [0, 0.05) is 44.5 Å². The van der Waals surface area contributed by atoms with E-state index >= 15 is 8.78 Å². The third kappa shape index (κ3) is 4.62. The van der Waals surface area contributed by atoms with Crippen LogP contribution in [0.5, 0.6) is 0 Å². The van der Waals surface area contributed by atoms with Crippen LogP contribution in [0, 0.1) is 23.5 Å². The maximum atomic E-state index is 15.0. The van der Waals surface area contributed by atoms with Crippen LogP contribution in [0.1, 0.15) is 30.9 Å². The van der Waals surface area contributed by atoms with E-state index in [2.05, 4.69) is 11.8 Å². The van der Waals surface area contributed by atoms with E-state index in [1.165, 1.54) is 11.8 Å². The summed E-state index contributed by atoms with van der Waals surface area (Å²) < 4.78 is 35.1. The van der Waals surface area contributed by atoms with Gasteiger partial charge in [-0.25, -0.2) is 18.5 Å². The first-order valence-corrected chi connectivity index (χ1v) is 11.3. The Balaban J connectivity index is 1.59. The van der Waals surface area contributed by atoms with Crippen LogP contribution in [0.4, 0.5) is 19.3 Å². The van der Waals surface area contributed by atoms with E-state index in [1.54, 1.807) is 36.3 Å². The van der Waals surface area contributed by atoms with Gasteiger partial charge >= 0.3 is 6.03 Å². The Morgan fingerprint density at radius 2 is 1.66 bits per heavy atom. The molecule has 0 aromatic heterocycles. The van der Waals surface area contributed by atoms with Crippen molar-refractivity contribution in [3.8, 4) is 11.8 Å². The van der Waals surface area contributed by atoms with Gasteiger partial charge in [0.1, 0.15) is 11.2 Å². The van der Waals surface area contributed by atoms with E-state index in [0.29, 0.717) is 30.0 Å². The lowest BCUT2D eigenvalue weighted by Crippen LogP contribution is -2.72. The maximum Gasteiger partial charge on any atom is 0.332 e. The molecule has 4 amide bonds. The molecule has 182 valence electrons. The molecule has 0 aliphatic carbocycles. The summed E-state index contributed by atoms with van der Waals surface area (Å²) >= 11 is 0. The first-order valence-electron chi connectivity index (χ1n) is 11.3. The van der Waals surface area contributed by atoms with E-state index < -0.39 is 34.8 Å². The van der Waals surface area contributed by atoms with Crippen LogP contribution in [-0.2, 0) is 14.3 Å². The van der Waals surface area contributed by atoms with Crippen LogP contribution in [0.3, 0.4) is 0 Å². The number of carbonyl (C=O) groups excluding carboxylic acids is 3. The molecule has 0 spiro atoms. The fourth-order valence-electron chi connectivity index (χ4n) is 4.45. The van der Waals surface area contributed by atoms with Crippen molar-refractivity contribution in [2.45, 2.75) is 25.3 Å². The van der Waals surface area contributed by atoms with Gasteiger partial charge in [0.15, 0.2) is 11.6 Å². The molecule has 2 heterocycles. The number of anilines is 1. The fraction of sp³-hybridized carbons (Fsp3) is 0.346. The van der Waals surface area contributed by atoms with E-state index in [0.717, 1.165) is 12.1 Å². The van der Waals surface area contributed by atoms with Crippen LogP contribution in [0.2, 0.25) is 0 Å². The molecule has 2 aromatic rings. The van der Waals surface area contributed by atoms with Gasteiger partial charge in [0.05, 0.1) is 6.42 Å². The molecule has 2 aliphatic rings. The first-order chi connectivity index (χ1) is 16.8. The summed E-state index contributed by atoms with van der Waals surface area (Å²) in [7, 11) is 1.56. The van der Waals surface area contributed by atoms with Crippen molar-refractivity contribution in [2.24, 2.45) is 0 Å². The monoisotopic (exact) mass is 481 g/mol. The van der Waals surface area contributed by atoms with Crippen molar-refractivity contribution in [1.29, 1.82) is 0 Å². The molecule has 7 nitrogen and oxygen atoms in total. The fourth-order valence-corrected chi connectivity index (χ4v) is 4.45. The largest absolute Gasteiger partial charge is 0.385 e. The molecule has 0 saturated carbocycles. The number of urea groups is 1. The number of nitrogens with zero attached hydrogens (tertiary/aromatic N) is 3. The average Bonchev–Trinajstić information content (AvgIpc) is 2.82. The Kier molecular flexibility index (Phi) is 6.85. The van der Waals surface area contributed by atoms with E-state index in [1.807, 2.05) is 6.07 Å². The summed E-state index contributed by atoms with van der Waals surface area (Å²) in [5.74, 6) is 2.12. The first kappa shape index (κ1) is 24.4. The normalized spacial score (nSPS) is 20.0. The molecular formula is C26H25F2N3O4. The van der Waals surface area contributed by atoms with E-state index in [4.69, 9.17) is 4.74 Å². The highest BCUT2D eigenvalue weighted by Gasteiger charge is 2.55. The summed E-state index contributed by atoms with van der Waals surface area (Å²) in [6, 6.07) is 9.98. The van der Waals surface area contributed by atoms with Crippen LogP contribution >= 0.6 is 0 Å². The average molecular weight is 481 g/mol. The van der Waals surface area contributed by atoms with Crippen molar-refractivity contribution < 1.29 is 27.9 Å². The zero-order valence-electron chi connectivity index (χ0n) is 19.5. The van der Waals surface area contributed by atoms with Crippen molar-refractivity contribution in [1.82, 2.24) is 9.80 Å². The number of rotatable bonds is 5. The second-order valence-electron chi connectivity index (χ2n) is 8.66. The van der Waals surface area contributed by atoms with Gasteiger partial charge in [0.2, 0.25) is 11.8 Å². The number of amides is 4. The number of methoxy groups -OCH3 is 1. The van der Waals surface area contributed by atoms with Crippen LogP contribution in [-0.4, -0.2) is 66.5 Å². The molecule has 9 heteroatoms. The highest BCUT2D eigenvalue weighted by Crippen LogP contribution is 2.37. The molecule has 2 aliphatic heterocycles. The molecule has 1 atom stereocenters. The van der Waals surface area contributed by atoms with Gasteiger partial charge in [-0.1, -0.05) is 30.0 Å². The molecule has 35 heavy (non-hydrogen) atoms. The van der Waals surface area contributed by atoms with Crippen LogP contribution in [0.15, 0.2) is 42.5 Å². The maximum absolute atomic E-state index is 15.0. The topological polar surface area (TPSA) is 70.2 Å². The number of hydrogen-bond donors (Lipinski definition) is 0. The van der Waals surface area contributed by atoms with Gasteiger partial charge in [-0.15, -0.1) is 0 Å². The zero-order chi connectivity index (χ0) is 25.2. The lowest BCUT2D eigenvalue weighted by atomic mass is 9.88. The van der Waals surface area contributed by atoms with E-state index in [9.17, 15) is 14.4 Å². The third-order valence-corrected chi connectivity index (χ3v) is 6.25. The smallest absolute Gasteiger partial charge is 0.332 e. The van der Waals surface area contributed by atoms with Crippen LogP contribution < -0.4 is 4.90 Å². The third-order valence-electron chi connectivity index (χ3n) is 6.25. The molecule has 2 saturated heterocycles. The van der Waals surface area contributed by atoms with Gasteiger partial charge in [0.25, 0.3) is 0 Å². The Labute approximate surface area is 202 Å². The zero-order valence-corrected chi connectivity index (χ0v) is 19.5. The second-order valence-corrected chi connectivity index (χ2v) is 8.66. The molecule has 0 bridgehead atoms. The van der Waals surface area contributed by atoms with Gasteiger partial charge in [-0.05, 0) is 37.6 Å². The molecule has 0 N–H and O–H groups in total. The van der Waals surface area contributed by atoms with Crippen molar-refractivity contribution in [3.05, 3.63) is 65.2 Å². The highest BCUT2D eigenvalue weighted by atomic mass is 19.1. The summed E-state index contributed by atoms with van der Waals surface area (Å²) in [4.78, 5) is 42.7. The number of imide groups is 1. The Morgan fingerprint density at radius 1 is 1.00 bits per heavy atom. The standard InChI is InChI=1S/C26H25F2N3O4/c1-26-17-22(32)31(25(34)30(26)13-12-29(24(26)33)11-6-14-35-2)23-20(27)15-19(16-21(23)28)10-9-18-7-4-3-5-8-18/h3-5,7-8,15-16H,6,11-14,17H2,1-2H3/t26-/m0/s1. The highest BCUT2D eigenvalue weighted by molar-refractivity contribution is 6.19. The number of fused-ring (bicyclic) bond motifs is 1. The lowest BCUT2D eigenvalue weighted by Gasteiger charge is -2.51. The molecule has 0 unspecified atom stereocenters. The molecule has 2 aromatic carbocycles. The van der Waals surface area contributed by atoms with Gasteiger partial charge < -0.3 is 14.5 Å². The molecule has 4 rings (SSSR count). The predicted octanol–water partition coefficient (Wildman–Crippen LogP) is 3.16. The Morgan fingerprint density at radius 3 is 2.31 bits per heavy atom.